The zero-order valence-electron chi connectivity index (χ0n) is 15.7. The van der Waals surface area contributed by atoms with Crippen LogP contribution in [0.4, 0.5) is 16.2 Å². The van der Waals surface area contributed by atoms with Crippen molar-refractivity contribution in [3.8, 4) is 5.75 Å². The second-order valence-corrected chi connectivity index (χ2v) is 6.85. The first-order valence-corrected chi connectivity index (χ1v) is 9.12. The molecule has 26 heavy (non-hydrogen) atoms. The largest absolute Gasteiger partial charge is 0.497 e. The average Bonchev–Trinajstić information content (AvgIpc) is 2.68. The normalized spacial score (nSPS) is 14.5. The van der Waals surface area contributed by atoms with Crippen molar-refractivity contribution in [2.45, 2.75) is 19.8 Å². The molecule has 0 radical (unpaired) electrons. The Balaban J connectivity index is 1.58. The number of hydrogen-bond acceptors (Lipinski definition) is 3. The molecule has 5 nitrogen and oxygen atoms in total. The first-order chi connectivity index (χ1) is 12.6. The van der Waals surface area contributed by atoms with E-state index in [0.717, 1.165) is 24.5 Å². The molecule has 138 valence electrons. The van der Waals surface area contributed by atoms with Crippen molar-refractivity contribution in [2.75, 3.05) is 43.5 Å². The number of carbonyl (C=O) groups is 1. The van der Waals surface area contributed by atoms with Gasteiger partial charge in [0, 0.05) is 37.6 Å². The van der Waals surface area contributed by atoms with Crippen LogP contribution in [0.5, 0.6) is 5.75 Å². The van der Waals surface area contributed by atoms with Gasteiger partial charge in [0.2, 0.25) is 0 Å². The summed E-state index contributed by atoms with van der Waals surface area (Å²) in [5.74, 6) is 1.27. The molecule has 3 rings (SSSR count). The van der Waals surface area contributed by atoms with Crippen LogP contribution in [0.1, 0.15) is 25.3 Å². The Bertz CT molecular complexity index is 735. The Labute approximate surface area is 155 Å². The molecule has 5 heteroatoms. The average molecular weight is 353 g/mol. The summed E-state index contributed by atoms with van der Waals surface area (Å²) in [6.07, 6.45) is 0. The van der Waals surface area contributed by atoms with Gasteiger partial charge in [0.15, 0.2) is 0 Å². The Morgan fingerprint density at radius 3 is 2.27 bits per heavy atom. The van der Waals surface area contributed by atoms with Crippen LogP contribution in [0.15, 0.2) is 48.5 Å². The number of methoxy groups -OCH3 is 1. The highest BCUT2D eigenvalue weighted by Crippen LogP contribution is 2.28. The lowest BCUT2D eigenvalue weighted by Gasteiger charge is -2.37. The van der Waals surface area contributed by atoms with E-state index in [0.29, 0.717) is 19.0 Å². The van der Waals surface area contributed by atoms with E-state index < -0.39 is 0 Å². The van der Waals surface area contributed by atoms with Gasteiger partial charge >= 0.3 is 6.03 Å². The number of rotatable bonds is 4. The number of hydrogen-bond donors (Lipinski definition) is 1. The zero-order chi connectivity index (χ0) is 18.5. The molecule has 1 N–H and O–H groups in total. The molecule has 1 heterocycles. The molecule has 1 aliphatic rings. The molecule has 0 bridgehead atoms. The van der Waals surface area contributed by atoms with Gasteiger partial charge in [-0.25, -0.2) is 4.79 Å². The first-order valence-electron chi connectivity index (χ1n) is 9.12. The number of para-hydroxylation sites is 1. The van der Waals surface area contributed by atoms with Gasteiger partial charge in [-0.15, -0.1) is 0 Å². The summed E-state index contributed by atoms with van der Waals surface area (Å²) in [4.78, 5) is 16.8. The van der Waals surface area contributed by atoms with E-state index in [1.165, 1.54) is 11.3 Å². The Morgan fingerprint density at radius 2 is 1.65 bits per heavy atom. The van der Waals surface area contributed by atoms with E-state index in [1.54, 1.807) is 7.11 Å². The van der Waals surface area contributed by atoms with Crippen molar-refractivity contribution in [1.29, 1.82) is 0 Å². The maximum atomic E-state index is 12.5. The number of ether oxygens (including phenoxy) is 1. The predicted octanol–water partition coefficient (Wildman–Crippen LogP) is 4.17. The van der Waals surface area contributed by atoms with E-state index >= 15 is 0 Å². The van der Waals surface area contributed by atoms with Crippen LogP contribution in [0.25, 0.3) is 0 Å². The minimum absolute atomic E-state index is 0.0491. The predicted molar refractivity (Wildman–Crippen MR) is 106 cm³/mol. The van der Waals surface area contributed by atoms with Crippen LogP contribution in [-0.2, 0) is 0 Å². The minimum atomic E-state index is -0.0491. The lowest BCUT2D eigenvalue weighted by atomic mass is 10.00. The summed E-state index contributed by atoms with van der Waals surface area (Å²) < 4.78 is 5.14. The quantitative estimate of drug-likeness (QED) is 0.897. The summed E-state index contributed by atoms with van der Waals surface area (Å²) in [6, 6.07) is 15.9. The molecule has 2 aromatic rings. The molecule has 2 amide bonds. The zero-order valence-corrected chi connectivity index (χ0v) is 15.7. The number of amides is 2. The number of nitrogens with zero attached hydrogens (tertiary/aromatic N) is 2. The van der Waals surface area contributed by atoms with Crippen molar-refractivity contribution in [3.63, 3.8) is 0 Å². The monoisotopic (exact) mass is 353 g/mol. The molecule has 1 aliphatic heterocycles. The van der Waals surface area contributed by atoms with Crippen molar-refractivity contribution >= 4 is 17.4 Å². The van der Waals surface area contributed by atoms with Crippen molar-refractivity contribution in [2.24, 2.45) is 0 Å². The van der Waals surface area contributed by atoms with Crippen LogP contribution in [0.3, 0.4) is 0 Å². The third-order valence-electron chi connectivity index (χ3n) is 4.81. The molecule has 1 saturated heterocycles. The van der Waals surface area contributed by atoms with E-state index in [9.17, 15) is 4.79 Å². The summed E-state index contributed by atoms with van der Waals surface area (Å²) in [7, 11) is 1.63. The van der Waals surface area contributed by atoms with Crippen molar-refractivity contribution in [1.82, 2.24) is 4.90 Å². The van der Waals surface area contributed by atoms with E-state index in [-0.39, 0.29) is 6.03 Å². The highest BCUT2D eigenvalue weighted by molar-refractivity contribution is 5.89. The third kappa shape index (κ3) is 4.10. The van der Waals surface area contributed by atoms with Crippen LogP contribution in [-0.4, -0.2) is 44.2 Å². The standard InChI is InChI=1S/C21H27N3O2/c1-16(2)19-6-4-5-7-20(19)23-12-14-24(15-13-23)21(25)22-17-8-10-18(26-3)11-9-17/h4-11,16H,12-15H2,1-3H3,(H,22,25). The number of nitrogens with one attached hydrogen (secondary N) is 1. The fraction of sp³-hybridized carbons (Fsp3) is 0.381. The molecule has 0 atom stereocenters. The molecule has 0 aromatic heterocycles. The number of carbonyl (C=O) groups excluding carboxylic acids is 1. The summed E-state index contributed by atoms with van der Waals surface area (Å²) in [5.41, 5.74) is 3.43. The van der Waals surface area contributed by atoms with Gasteiger partial charge in [0.05, 0.1) is 7.11 Å². The molecule has 0 saturated carbocycles. The van der Waals surface area contributed by atoms with Gasteiger partial charge in [0.25, 0.3) is 0 Å². The highest BCUT2D eigenvalue weighted by atomic mass is 16.5. The minimum Gasteiger partial charge on any atom is -0.497 e. The lowest BCUT2D eigenvalue weighted by molar-refractivity contribution is 0.208. The van der Waals surface area contributed by atoms with Crippen LogP contribution in [0, 0.1) is 0 Å². The second-order valence-electron chi connectivity index (χ2n) is 6.85. The number of benzene rings is 2. The van der Waals surface area contributed by atoms with E-state index in [4.69, 9.17) is 4.74 Å². The first kappa shape index (κ1) is 18.1. The number of anilines is 2. The van der Waals surface area contributed by atoms with Gasteiger partial charge in [-0.05, 0) is 41.8 Å². The van der Waals surface area contributed by atoms with Gasteiger partial charge in [-0.1, -0.05) is 32.0 Å². The van der Waals surface area contributed by atoms with Crippen LogP contribution >= 0.6 is 0 Å². The Kier molecular flexibility index (Phi) is 5.66. The Hall–Kier alpha value is -2.69. The molecule has 0 spiro atoms. The molecule has 1 fully saturated rings. The fourth-order valence-corrected chi connectivity index (χ4v) is 3.29. The molecular formula is C21H27N3O2. The second kappa shape index (κ2) is 8.13. The molecule has 2 aromatic carbocycles. The van der Waals surface area contributed by atoms with Gasteiger partial charge < -0.3 is 19.9 Å². The smallest absolute Gasteiger partial charge is 0.321 e. The summed E-state index contributed by atoms with van der Waals surface area (Å²) >= 11 is 0. The van der Waals surface area contributed by atoms with Crippen molar-refractivity contribution in [3.05, 3.63) is 54.1 Å². The molecule has 0 unspecified atom stereocenters. The number of urea groups is 1. The summed E-state index contributed by atoms with van der Waals surface area (Å²) in [6.45, 7) is 7.57. The van der Waals surface area contributed by atoms with E-state index in [2.05, 4.69) is 48.3 Å². The van der Waals surface area contributed by atoms with Crippen LogP contribution in [0.2, 0.25) is 0 Å². The lowest BCUT2D eigenvalue weighted by Crippen LogP contribution is -2.50. The maximum absolute atomic E-state index is 12.5. The summed E-state index contributed by atoms with van der Waals surface area (Å²) in [5, 5.41) is 2.96. The fourth-order valence-electron chi connectivity index (χ4n) is 3.29. The Morgan fingerprint density at radius 1 is 1.00 bits per heavy atom. The molecular weight excluding hydrogens is 326 g/mol. The topological polar surface area (TPSA) is 44.8 Å². The maximum Gasteiger partial charge on any atom is 0.321 e. The SMILES string of the molecule is COc1ccc(NC(=O)N2CCN(c3ccccc3C(C)C)CC2)cc1. The van der Waals surface area contributed by atoms with Crippen molar-refractivity contribution < 1.29 is 9.53 Å². The number of piperazine rings is 1. The third-order valence-corrected chi connectivity index (χ3v) is 4.81. The van der Waals surface area contributed by atoms with Gasteiger partial charge in [-0.3, -0.25) is 0 Å². The van der Waals surface area contributed by atoms with Gasteiger partial charge in [0.1, 0.15) is 5.75 Å². The van der Waals surface area contributed by atoms with Crippen LogP contribution < -0.4 is 15.0 Å². The highest BCUT2D eigenvalue weighted by Gasteiger charge is 2.23. The van der Waals surface area contributed by atoms with E-state index in [1.807, 2.05) is 29.2 Å². The van der Waals surface area contributed by atoms with Gasteiger partial charge in [-0.2, -0.15) is 0 Å². The molecule has 0 aliphatic carbocycles.